The lowest BCUT2D eigenvalue weighted by Crippen LogP contribution is -2.16. The maximum Gasteiger partial charge on any atom is 0.238 e. The number of nitrogen functional groups attached to an aromatic ring is 1. The minimum Gasteiger partial charge on any atom is -0.368 e. The molecule has 1 aromatic carbocycles. The number of benzene rings is 1. The quantitative estimate of drug-likeness (QED) is 0.562. The Bertz CT molecular complexity index is 1130. The average molecular weight is 423 g/mol. The molecule has 150 valence electrons. The number of hydrogen-bond acceptors (Lipinski definition) is 9. The van der Waals surface area contributed by atoms with Crippen molar-refractivity contribution < 1.29 is 8.42 Å². The van der Waals surface area contributed by atoms with Crippen LogP contribution in [0.15, 0.2) is 28.3 Å². The summed E-state index contributed by atoms with van der Waals surface area (Å²) in [6.07, 6.45) is 0. The van der Waals surface area contributed by atoms with Gasteiger partial charge in [-0.15, -0.1) is 0 Å². The Kier molecular flexibility index (Phi) is 5.46. The van der Waals surface area contributed by atoms with Crippen LogP contribution in [-0.2, 0) is 16.6 Å². The molecule has 0 radical (unpaired) electrons. The van der Waals surface area contributed by atoms with Gasteiger partial charge < -0.3 is 15.2 Å². The van der Waals surface area contributed by atoms with Crippen LogP contribution in [-0.4, -0.2) is 47.0 Å². The molecule has 0 bridgehead atoms. The molecule has 0 saturated carbocycles. The fourth-order valence-corrected chi connectivity index (χ4v) is 4.22. The molecule has 2 aromatic heterocycles. The predicted octanol–water partition coefficient (Wildman–Crippen LogP) is 1.39. The molecule has 3 aromatic rings. The van der Waals surface area contributed by atoms with Crippen molar-refractivity contribution in [1.82, 2.24) is 24.5 Å². The second-order valence-electron chi connectivity index (χ2n) is 6.34. The Morgan fingerprint density at radius 1 is 1.21 bits per heavy atom. The molecule has 0 aliphatic heterocycles. The third-order valence-electron chi connectivity index (χ3n) is 4.03. The van der Waals surface area contributed by atoms with Crippen LogP contribution >= 0.6 is 11.8 Å². The summed E-state index contributed by atoms with van der Waals surface area (Å²) in [6, 6.07) is 4.68. The standard InChI is InChI=1S/C16H22N8O2S2/c1-5-24-12-7-6-10(28(18,25)26)8-11(12)19-16(24)27-9(2)13-20-14(17)22-15(21-13)23(3)4/h6-9H,5H2,1-4H3,(H2,18,25,26)(H2,17,20,21,22). The molecule has 0 aliphatic rings. The Balaban J connectivity index is 1.99. The van der Waals surface area contributed by atoms with Crippen LogP contribution in [0.3, 0.4) is 0 Å². The van der Waals surface area contributed by atoms with Crippen LogP contribution in [0.4, 0.5) is 11.9 Å². The molecule has 1 unspecified atom stereocenters. The first kappa shape index (κ1) is 20.3. The van der Waals surface area contributed by atoms with E-state index in [4.69, 9.17) is 10.9 Å². The zero-order valence-corrected chi connectivity index (χ0v) is 17.6. The zero-order chi connectivity index (χ0) is 20.6. The third-order valence-corrected chi connectivity index (χ3v) is 6.03. The number of imidazole rings is 1. The Labute approximate surface area is 167 Å². The van der Waals surface area contributed by atoms with Crippen molar-refractivity contribution in [3.05, 3.63) is 24.0 Å². The SMILES string of the molecule is CCn1c(SC(C)c2nc(N)nc(N(C)C)n2)nc2cc(S(N)(=O)=O)ccc21. The molecule has 0 saturated heterocycles. The number of anilines is 2. The second kappa shape index (κ2) is 7.53. The number of aryl methyl sites for hydroxylation is 1. The molecule has 0 fully saturated rings. The van der Waals surface area contributed by atoms with Gasteiger partial charge in [0.25, 0.3) is 0 Å². The number of rotatable bonds is 6. The molecule has 0 aliphatic carbocycles. The van der Waals surface area contributed by atoms with E-state index >= 15 is 0 Å². The van der Waals surface area contributed by atoms with E-state index in [1.807, 2.05) is 32.5 Å². The molecular weight excluding hydrogens is 400 g/mol. The fraction of sp³-hybridized carbons (Fsp3) is 0.375. The number of nitrogens with zero attached hydrogens (tertiary/aromatic N) is 6. The van der Waals surface area contributed by atoms with Gasteiger partial charge in [-0.25, -0.2) is 18.5 Å². The molecule has 0 spiro atoms. The van der Waals surface area contributed by atoms with Crippen molar-refractivity contribution in [3.8, 4) is 0 Å². The molecule has 28 heavy (non-hydrogen) atoms. The number of primary sulfonamides is 1. The van der Waals surface area contributed by atoms with Crippen molar-refractivity contribution >= 4 is 44.7 Å². The van der Waals surface area contributed by atoms with E-state index in [1.165, 1.54) is 23.9 Å². The number of thioether (sulfide) groups is 1. The summed E-state index contributed by atoms with van der Waals surface area (Å²) >= 11 is 1.46. The van der Waals surface area contributed by atoms with E-state index in [-0.39, 0.29) is 16.1 Å². The summed E-state index contributed by atoms with van der Waals surface area (Å²) in [6.45, 7) is 4.62. The summed E-state index contributed by atoms with van der Waals surface area (Å²) in [5.74, 6) is 1.18. The molecule has 10 nitrogen and oxygen atoms in total. The smallest absolute Gasteiger partial charge is 0.238 e. The Morgan fingerprint density at radius 2 is 1.93 bits per heavy atom. The fourth-order valence-electron chi connectivity index (χ4n) is 2.65. The number of aromatic nitrogens is 5. The van der Waals surface area contributed by atoms with E-state index in [9.17, 15) is 8.42 Å². The van der Waals surface area contributed by atoms with Gasteiger partial charge in [0.2, 0.25) is 21.9 Å². The van der Waals surface area contributed by atoms with Gasteiger partial charge in [-0.2, -0.15) is 15.0 Å². The van der Waals surface area contributed by atoms with Crippen molar-refractivity contribution in [2.24, 2.45) is 5.14 Å². The van der Waals surface area contributed by atoms with Gasteiger partial charge in [-0.05, 0) is 32.0 Å². The molecule has 4 N–H and O–H groups in total. The predicted molar refractivity (Wildman–Crippen MR) is 110 cm³/mol. The normalized spacial score (nSPS) is 13.0. The number of hydrogen-bond donors (Lipinski definition) is 2. The molecule has 2 heterocycles. The maximum atomic E-state index is 11.6. The first-order valence-corrected chi connectivity index (χ1v) is 10.9. The van der Waals surface area contributed by atoms with Crippen LogP contribution < -0.4 is 15.8 Å². The molecule has 3 rings (SSSR count). The number of sulfonamides is 1. The topological polar surface area (TPSA) is 146 Å². The number of fused-ring (bicyclic) bond motifs is 1. The van der Waals surface area contributed by atoms with E-state index < -0.39 is 10.0 Å². The summed E-state index contributed by atoms with van der Waals surface area (Å²) in [4.78, 5) is 19.2. The minimum atomic E-state index is -3.79. The average Bonchev–Trinajstić information content (AvgIpc) is 2.96. The summed E-state index contributed by atoms with van der Waals surface area (Å²) < 4.78 is 25.2. The minimum absolute atomic E-state index is 0.0335. The zero-order valence-electron chi connectivity index (χ0n) is 16.0. The van der Waals surface area contributed by atoms with Crippen LogP contribution in [0.25, 0.3) is 11.0 Å². The monoisotopic (exact) mass is 422 g/mol. The van der Waals surface area contributed by atoms with Crippen LogP contribution in [0, 0.1) is 0 Å². The summed E-state index contributed by atoms with van der Waals surface area (Å²) in [5, 5.41) is 5.80. The highest BCUT2D eigenvalue weighted by Gasteiger charge is 2.20. The van der Waals surface area contributed by atoms with Gasteiger partial charge in [-0.1, -0.05) is 11.8 Å². The lowest BCUT2D eigenvalue weighted by molar-refractivity contribution is 0.598. The highest BCUT2D eigenvalue weighted by atomic mass is 32.2. The van der Waals surface area contributed by atoms with Gasteiger partial charge in [0.15, 0.2) is 5.16 Å². The van der Waals surface area contributed by atoms with Gasteiger partial charge in [0, 0.05) is 20.6 Å². The van der Waals surface area contributed by atoms with Crippen molar-refractivity contribution in [2.45, 2.75) is 35.7 Å². The van der Waals surface area contributed by atoms with Crippen LogP contribution in [0.5, 0.6) is 0 Å². The first-order valence-electron chi connectivity index (χ1n) is 8.48. The van der Waals surface area contributed by atoms with Gasteiger partial charge in [0.05, 0.1) is 21.2 Å². The largest absolute Gasteiger partial charge is 0.368 e. The highest BCUT2D eigenvalue weighted by molar-refractivity contribution is 7.99. The molecule has 12 heteroatoms. The highest BCUT2D eigenvalue weighted by Crippen LogP contribution is 2.35. The van der Waals surface area contributed by atoms with E-state index in [0.29, 0.717) is 23.8 Å². The van der Waals surface area contributed by atoms with Crippen molar-refractivity contribution in [1.29, 1.82) is 0 Å². The lowest BCUT2D eigenvalue weighted by Gasteiger charge is -2.15. The molecule has 1 atom stereocenters. The Morgan fingerprint density at radius 3 is 2.54 bits per heavy atom. The first-order chi connectivity index (χ1) is 13.1. The Hall–Kier alpha value is -2.44. The van der Waals surface area contributed by atoms with Crippen LogP contribution in [0.2, 0.25) is 0 Å². The second-order valence-corrected chi connectivity index (χ2v) is 9.21. The van der Waals surface area contributed by atoms with Gasteiger partial charge in [-0.3, -0.25) is 0 Å². The van der Waals surface area contributed by atoms with Crippen molar-refractivity contribution in [3.63, 3.8) is 0 Å². The summed E-state index contributed by atoms with van der Waals surface area (Å²) in [7, 11) is -0.131. The maximum absolute atomic E-state index is 11.6. The van der Waals surface area contributed by atoms with E-state index in [1.54, 1.807) is 11.0 Å². The van der Waals surface area contributed by atoms with Gasteiger partial charge in [0.1, 0.15) is 5.82 Å². The van der Waals surface area contributed by atoms with Crippen molar-refractivity contribution in [2.75, 3.05) is 24.7 Å². The number of nitrogens with two attached hydrogens (primary N) is 2. The summed E-state index contributed by atoms with van der Waals surface area (Å²) in [5.41, 5.74) is 7.21. The molecular formula is C16H22N8O2S2. The van der Waals surface area contributed by atoms with Crippen LogP contribution in [0.1, 0.15) is 24.9 Å². The lowest BCUT2D eigenvalue weighted by atomic mass is 10.3. The van der Waals surface area contributed by atoms with E-state index in [2.05, 4.69) is 19.9 Å². The third kappa shape index (κ3) is 4.03. The van der Waals surface area contributed by atoms with E-state index in [0.717, 1.165) is 10.7 Å². The van der Waals surface area contributed by atoms with Gasteiger partial charge >= 0.3 is 0 Å². The molecule has 0 amide bonds.